The fraction of sp³-hybridized carbons (Fsp3) is 1.00. The topological polar surface area (TPSA) is 24.5 Å². The van der Waals surface area contributed by atoms with Gasteiger partial charge in [-0.3, -0.25) is 4.90 Å². The largest absolute Gasteiger partial charge is 0.371 e. The fourth-order valence-electron chi connectivity index (χ4n) is 3.92. The normalized spacial score (nSPS) is 40.3. The molecule has 0 aromatic rings. The highest BCUT2D eigenvalue weighted by molar-refractivity contribution is 5.01. The molecule has 0 spiro atoms. The minimum atomic E-state index is 0.106. The molecule has 1 aliphatic carbocycles. The summed E-state index contributed by atoms with van der Waals surface area (Å²) >= 11 is 0. The first-order chi connectivity index (χ1) is 8.97. The molecule has 0 bridgehead atoms. The molecule has 3 nitrogen and oxygen atoms in total. The standard InChI is InChI=1S/C16H30N2O/c1-15(2)8-7-14(19-15)11-18-10-4-9-17-16(3,12-18)13-5-6-13/h13-14,17H,4-12H2,1-3H3. The van der Waals surface area contributed by atoms with E-state index in [0.717, 1.165) is 12.5 Å². The third-order valence-electron chi connectivity index (χ3n) is 5.23. The van der Waals surface area contributed by atoms with E-state index in [2.05, 4.69) is 31.0 Å². The van der Waals surface area contributed by atoms with E-state index in [1.165, 1.54) is 51.7 Å². The molecule has 0 aromatic carbocycles. The monoisotopic (exact) mass is 266 g/mol. The van der Waals surface area contributed by atoms with Crippen molar-refractivity contribution in [2.75, 3.05) is 26.2 Å². The van der Waals surface area contributed by atoms with Gasteiger partial charge in [0.05, 0.1) is 11.7 Å². The van der Waals surface area contributed by atoms with Crippen LogP contribution >= 0.6 is 0 Å². The molecular weight excluding hydrogens is 236 g/mol. The van der Waals surface area contributed by atoms with Gasteiger partial charge in [-0.15, -0.1) is 0 Å². The highest BCUT2D eigenvalue weighted by Gasteiger charge is 2.43. The summed E-state index contributed by atoms with van der Waals surface area (Å²) in [6.45, 7) is 11.6. The fourth-order valence-corrected chi connectivity index (χ4v) is 3.92. The van der Waals surface area contributed by atoms with Gasteiger partial charge in [-0.05, 0) is 71.9 Å². The molecule has 19 heavy (non-hydrogen) atoms. The molecule has 2 atom stereocenters. The minimum Gasteiger partial charge on any atom is -0.371 e. The second-order valence-electron chi connectivity index (χ2n) is 7.75. The molecule has 1 saturated carbocycles. The van der Waals surface area contributed by atoms with Gasteiger partial charge in [-0.1, -0.05) is 0 Å². The second-order valence-corrected chi connectivity index (χ2v) is 7.75. The van der Waals surface area contributed by atoms with Crippen LogP contribution in [0.1, 0.15) is 52.9 Å². The first-order valence-corrected chi connectivity index (χ1v) is 8.12. The third-order valence-corrected chi connectivity index (χ3v) is 5.23. The van der Waals surface area contributed by atoms with E-state index in [0.29, 0.717) is 11.6 Å². The van der Waals surface area contributed by atoms with Crippen LogP contribution in [-0.2, 0) is 4.74 Å². The minimum absolute atomic E-state index is 0.106. The van der Waals surface area contributed by atoms with Gasteiger partial charge in [-0.25, -0.2) is 0 Å². The van der Waals surface area contributed by atoms with Crippen molar-refractivity contribution in [1.82, 2.24) is 10.2 Å². The SMILES string of the molecule is CC1(C)CCC(CN2CCCNC(C)(C3CC3)C2)O1. The van der Waals surface area contributed by atoms with E-state index >= 15 is 0 Å². The van der Waals surface area contributed by atoms with Crippen LogP contribution in [0.5, 0.6) is 0 Å². The van der Waals surface area contributed by atoms with Crippen molar-refractivity contribution in [1.29, 1.82) is 0 Å². The number of ether oxygens (including phenoxy) is 1. The molecular formula is C16H30N2O. The first kappa shape index (κ1) is 13.8. The Hall–Kier alpha value is -0.120. The molecule has 0 aromatic heterocycles. The van der Waals surface area contributed by atoms with Crippen LogP contribution in [0, 0.1) is 5.92 Å². The quantitative estimate of drug-likeness (QED) is 0.849. The van der Waals surface area contributed by atoms with E-state index in [9.17, 15) is 0 Å². The summed E-state index contributed by atoms with van der Waals surface area (Å²) in [6, 6.07) is 0. The van der Waals surface area contributed by atoms with Crippen LogP contribution in [0.15, 0.2) is 0 Å². The second kappa shape index (κ2) is 5.01. The van der Waals surface area contributed by atoms with E-state index < -0.39 is 0 Å². The highest BCUT2D eigenvalue weighted by atomic mass is 16.5. The van der Waals surface area contributed by atoms with Crippen molar-refractivity contribution in [3.63, 3.8) is 0 Å². The summed E-state index contributed by atoms with van der Waals surface area (Å²) in [5, 5.41) is 3.81. The van der Waals surface area contributed by atoms with E-state index in [1.807, 2.05) is 0 Å². The number of rotatable bonds is 3. The summed E-state index contributed by atoms with van der Waals surface area (Å²) in [5.74, 6) is 0.911. The molecule has 0 amide bonds. The van der Waals surface area contributed by atoms with Crippen molar-refractivity contribution in [2.24, 2.45) is 5.92 Å². The van der Waals surface area contributed by atoms with Gasteiger partial charge in [0.1, 0.15) is 0 Å². The molecule has 1 N–H and O–H groups in total. The van der Waals surface area contributed by atoms with E-state index in [4.69, 9.17) is 4.74 Å². The Morgan fingerprint density at radius 3 is 2.63 bits per heavy atom. The van der Waals surface area contributed by atoms with Crippen LogP contribution in [0.4, 0.5) is 0 Å². The van der Waals surface area contributed by atoms with Crippen LogP contribution < -0.4 is 5.32 Å². The summed E-state index contributed by atoms with van der Waals surface area (Å²) in [6.07, 6.45) is 7.02. The first-order valence-electron chi connectivity index (χ1n) is 8.12. The highest BCUT2D eigenvalue weighted by Crippen LogP contribution is 2.40. The maximum atomic E-state index is 6.17. The van der Waals surface area contributed by atoms with Gasteiger partial charge >= 0.3 is 0 Å². The molecule has 0 radical (unpaired) electrons. The lowest BCUT2D eigenvalue weighted by Crippen LogP contribution is -2.51. The maximum Gasteiger partial charge on any atom is 0.0710 e. The lowest BCUT2D eigenvalue weighted by Gasteiger charge is -2.35. The van der Waals surface area contributed by atoms with Gasteiger partial charge in [-0.2, -0.15) is 0 Å². The van der Waals surface area contributed by atoms with Gasteiger partial charge < -0.3 is 10.1 Å². The average molecular weight is 266 g/mol. The van der Waals surface area contributed by atoms with Crippen molar-refractivity contribution >= 4 is 0 Å². The number of nitrogens with zero attached hydrogens (tertiary/aromatic N) is 1. The molecule has 2 saturated heterocycles. The summed E-state index contributed by atoms with van der Waals surface area (Å²) in [4.78, 5) is 2.66. The zero-order valence-electron chi connectivity index (χ0n) is 12.9. The Kier molecular flexibility index (Phi) is 3.65. The lowest BCUT2D eigenvalue weighted by atomic mass is 9.95. The Labute approximate surface area is 118 Å². The molecule has 2 unspecified atom stereocenters. The Morgan fingerprint density at radius 2 is 2.00 bits per heavy atom. The molecule has 3 heteroatoms. The zero-order valence-corrected chi connectivity index (χ0v) is 12.9. The Morgan fingerprint density at radius 1 is 1.21 bits per heavy atom. The van der Waals surface area contributed by atoms with Crippen molar-refractivity contribution in [3.8, 4) is 0 Å². The Bertz CT molecular complexity index is 327. The number of hydrogen-bond acceptors (Lipinski definition) is 3. The molecule has 3 fully saturated rings. The summed E-state index contributed by atoms with van der Waals surface area (Å²) < 4.78 is 6.17. The van der Waals surface area contributed by atoms with Gasteiger partial charge in [0.2, 0.25) is 0 Å². The number of hydrogen-bond donors (Lipinski definition) is 1. The zero-order chi connectivity index (χ0) is 13.5. The van der Waals surface area contributed by atoms with Crippen LogP contribution in [-0.4, -0.2) is 48.3 Å². The molecule has 2 heterocycles. The van der Waals surface area contributed by atoms with Gasteiger partial charge in [0, 0.05) is 18.6 Å². The average Bonchev–Trinajstić information content (AvgIpc) is 3.11. The van der Waals surface area contributed by atoms with Gasteiger partial charge in [0.25, 0.3) is 0 Å². The van der Waals surface area contributed by atoms with Crippen LogP contribution in [0.2, 0.25) is 0 Å². The number of nitrogens with one attached hydrogen (secondary N) is 1. The molecule has 3 aliphatic rings. The molecule has 3 rings (SSSR count). The van der Waals surface area contributed by atoms with Crippen LogP contribution in [0.3, 0.4) is 0 Å². The summed E-state index contributed by atoms with van der Waals surface area (Å²) in [5.41, 5.74) is 0.458. The van der Waals surface area contributed by atoms with Crippen LogP contribution in [0.25, 0.3) is 0 Å². The molecule has 110 valence electrons. The molecule has 2 aliphatic heterocycles. The van der Waals surface area contributed by atoms with Crippen molar-refractivity contribution in [2.45, 2.75) is 70.1 Å². The third kappa shape index (κ3) is 3.32. The van der Waals surface area contributed by atoms with Crippen molar-refractivity contribution < 1.29 is 4.74 Å². The predicted octanol–water partition coefficient (Wildman–Crippen LogP) is 2.41. The lowest BCUT2D eigenvalue weighted by molar-refractivity contribution is -0.0303. The van der Waals surface area contributed by atoms with E-state index in [-0.39, 0.29) is 5.60 Å². The Balaban J connectivity index is 1.57. The van der Waals surface area contributed by atoms with Crippen molar-refractivity contribution in [3.05, 3.63) is 0 Å². The predicted molar refractivity (Wildman–Crippen MR) is 78.4 cm³/mol. The van der Waals surface area contributed by atoms with Gasteiger partial charge in [0.15, 0.2) is 0 Å². The summed E-state index contributed by atoms with van der Waals surface area (Å²) in [7, 11) is 0. The maximum absolute atomic E-state index is 6.17. The smallest absolute Gasteiger partial charge is 0.0710 e. The van der Waals surface area contributed by atoms with E-state index in [1.54, 1.807) is 0 Å².